The predicted molar refractivity (Wildman–Crippen MR) is 89.6 cm³/mol. The number of H-pyrrole nitrogens is 2. The third-order valence-corrected chi connectivity index (χ3v) is 3.33. The minimum absolute atomic E-state index is 0.101. The zero-order valence-electron chi connectivity index (χ0n) is 12.3. The second kappa shape index (κ2) is 5.47. The van der Waals surface area contributed by atoms with Crippen molar-refractivity contribution >= 4 is 46.4 Å². The van der Waals surface area contributed by atoms with Gasteiger partial charge in [-0.15, -0.1) is 10.2 Å². The van der Waals surface area contributed by atoms with Crippen LogP contribution in [0.2, 0.25) is 0 Å². The molecule has 0 fully saturated rings. The van der Waals surface area contributed by atoms with Gasteiger partial charge < -0.3 is 4.98 Å². The lowest BCUT2D eigenvalue weighted by molar-refractivity contribution is 1.13. The van der Waals surface area contributed by atoms with Crippen molar-refractivity contribution in [3.63, 3.8) is 0 Å². The normalized spacial score (nSPS) is 11.5. The maximum Gasteiger partial charge on any atom is 0.278 e. The fourth-order valence-electron chi connectivity index (χ4n) is 2.24. The Morgan fingerprint density at radius 1 is 1.04 bits per heavy atom. The van der Waals surface area contributed by atoms with Crippen molar-refractivity contribution in [2.45, 2.75) is 0 Å². The maximum absolute atomic E-state index is 11.9. The van der Waals surface area contributed by atoms with Gasteiger partial charge in [0.25, 0.3) is 5.56 Å². The van der Waals surface area contributed by atoms with Crippen LogP contribution in [0.3, 0.4) is 0 Å². The molecule has 0 saturated carbocycles. The third kappa shape index (κ3) is 2.43. The molecule has 116 valence electrons. The molecule has 2 N–H and O–H groups in total. The van der Waals surface area contributed by atoms with Gasteiger partial charge in [0.05, 0.1) is 11.2 Å². The second-order valence-corrected chi connectivity index (χ2v) is 4.89. The fourth-order valence-corrected chi connectivity index (χ4v) is 2.24. The van der Waals surface area contributed by atoms with Gasteiger partial charge in [-0.3, -0.25) is 14.8 Å². The molecule has 4 aromatic rings. The van der Waals surface area contributed by atoms with E-state index in [-0.39, 0.29) is 23.1 Å². The van der Waals surface area contributed by atoms with Gasteiger partial charge in [-0.05, 0) is 31.0 Å². The van der Waals surface area contributed by atoms with Crippen molar-refractivity contribution < 1.29 is 0 Å². The van der Waals surface area contributed by atoms with E-state index in [1.807, 2.05) is 24.3 Å². The smallest absolute Gasteiger partial charge is 0.278 e. The van der Waals surface area contributed by atoms with Gasteiger partial charge in [-0.25, -0.2) is 4.99 Å². The number of pyridine rings is 1. The van der Waals surface area contributed by atoms with E-state index in [1.165, 1.54) is 0 Å². The van der Waals surface area contributed by atoms with E-state index >= 15 is 0 Å². The summed E-state index contributed by atoms with van der Waals surface area (Å²) in [4.78, 5) is 33.1. The van der Waals surface area contributed by atoms with E-state index in [4.69, 9.17) is 0 Å². The zero-order chi connectivity index (χ0) is 16.5. The first-order chi connectivity index (χ1) is 11.7. The van der Waals surface area contributed by atoms with Crippen LogP contribution in [0.25, 0.3) is 22.1 Å². The molecular formula is C15H10N8O. The number of rotatable bonds is 3. The molecular weight excluding hydrogens is 308 g/mol. The maximum atomic E-state index is 11.9. The summed E-state index contributed by atoms with van der Waals surface area (Å²) >= 11 is 0. The highest BCUT2D eigenvalue weighted by Gasteiger charge is 2.08. The number of benzene rings is 1. The molecule has 0 aliphatic carbocycles. The van der Waals surface area contributed by atoms with Gasteiger partial charge in [0, 0.05) is 11.6 Å². The van der Waals surface area contributed by atoms with E-state index in [9.17, 15) is 4.79 Å². The summed E-state index contributed by atoms with van der Waals surface area (Å²) in [7, 11) is 0. The van der Waals surface area contributed by atoms with Crippen molar-refractivity contribution in [1.82, 2.24) is 24.9 Å². The molecule has 0 aliphatic rings. The van der Waals surface area contributed by atoms with Crippen LogP contribution in [-0.4, -0.2) is 31.6 Å². The van der Waals surface area contributed by atoms with E-state index in [2.05, 4.69) is 46.9 Å². The number of aromatic amines is 2. The summed E-state index contributed by atoms with van der Waals surface area (Å²) in [6, 6.07) is 9.31. The number of nitrogens with one attached hydrogen (secondary N) is 2. The number of aliphatic imine (C=N–C) groups is 1. The number of aromatic nitrogens is 5. The Bertz CT molecular complexity index is 1160. The van der Waals surface area contributed by atoms with Gasteiger partial charge in [-0.1, -0.05) is 6.07 Å². The lowest BCUT2D eigenvalue weighted by Crippen LogP contribution is -2.06. The largest absolute Gasteiger partial charge is 0.315 e. The van der Waals surface area contributed by atoms with Crippen LogP contribution in [0, 0.1) is 0 Å². The predicted octanol–water partition coefficient (Wildman–Crippen LogP) is 2.94. The van der Waals surface area contributed by atoms with Crippen molar-refractivity contribution in [3.8, 4) is 0 Å². The summed E-state index contributed by atoms with van der Waals surface area (Å²) in [5.41, 5.74) is 1.54. The average Bonchev–Trinajstić information content (AvgIpc) is 3.03. The zero-order valence-corrected chi connectivity index (χ0v) is 12.3. The molecule has 0 unspecified atom stereocenters. The SMILES string of the molecule is C=Nc1nc2nc(N=Nc3ccc4ncccc4c3)[nH]c2c(=O)[nH]1. The van der Waals surface area contributed by atoms with Crippen molar-refractivity contribution in [2.24, 2.45) is 15.2 Å². The minimum atomic E-state index is -0.395. The van der Waals surface area contributed by atoms with Gasteiger partial charge >= 0.3 is 0 Å². The highest BCUT2D eigenvalue weighted by molar-refractivity contribution is 5.81. The Labute approximate surface area is 134 Å². The summed E-state index contributed by atoms with van der Waals surface area (Å²) in [6.07, 6.45) is 1.73. The summed E-state index contributed by atoms with van der Waals surface area (Å²) in [5.74, 6) is 0.278. The van der Waals surface area contributed by atoms with Crippen molar-refractivity contribution in [2.75, 3.05) is 0 Å². The highest BCUT2D eigenvalue weighted by atomic mass is 16.1. The number of azo groups is 1. The van der Waals surface area contributed by atoms with Crippen molar-refractivity contribution in [3.05, 3.63) is 46.9 Å². The standard InChI is InChI=1S/C15H10N8O/c1-16-14-19-12-11(13(24)21-14)18-15(20-12)23-22-9-4-5-10-8(7-9)3-2-6-17-10/h2-7H,1H2,(H2,18,19,20,21,24). The number of hydrogen-bond donors (Lipinski definition) is 2. The van der Waals surface area contributed by atoms with Gasteiger partial charge in [-0.2, -0.15) is 9.97 Å². The summed E-state index contributed by atoms with van der Waals surface area (Å²) in [6.45, 7) is 3.32. The van der Waals surface area contributed by atoms with Crippen LogP contribution < -0.4 is 5.56 Å². The van der Waals surface area contributed by atoms with E-state index < -0.39 is 5.56 Å². The molecule has 9 heteroatoms. The molecule has 0 amide bonds. The number of hydrogen-bond acceptors (Lipinski definition) is 7. The fraction of sp³-hybridized carbons (Fsp3) is 0. The Morgan fingerprint density at radius 3 is 2.79 bits per heavy atom. The molecule has 0 aliphatic heterocycles. The average molecular weight is 318 g/mol. The van der Waals surface area contributed by atoms with Crippen LogP contribution in [0.1, 0.15) is 0 Å². The molecule has 4 rings (SSSR count). The number of nitrogens with zero attached hydrogens (tertiary/aromatic N) is 6. The van der Waals surface area contributed by atoms with Gasteiger partial charge in [0.1, 0.15) is 0 Å². The molecule has 3 aromatic heterocycles. The molecule has 0 spiro atoms. The second-order valence-electron chi connectivity index (χ2n) is 4.89. The molecule has 24 heavy (non-hydrogen) atoms. The van der Waals surface area contributed by atoms with Crippen LogP contribution in [0.4, 0.5) is 17.6 Å². The Balaban J connectivity index is 1.72. The number of imidazole rings is 1. The molecule has 0 saturated heterocycles. The van der Waals surface area contributed by atoms with Crippen LogP contribution in [0.5, 0.6) is 0 Å². The monoisotopic (exact) mass is 318 g/mol. The summed E-state index contributed by atoms with van der Waals surface area (Å²) in [5, 5.41) is 9.09. The van der Waals surface area contributed by atoms with Crippen LogP contribution in [-0.2, 0) is 0 Å². The van der Waals surface area contributed by atoms with E-state index in [0.717, 1.165) is 10.9 Å². The Morgan fingerprint density at radius 2 is 1.92 bits per heavy atom. The molecule has 0 atom stereocenters. The number of fused-ring (bicyclic) bond motifs is 2. The molecule has 1 aromatic carbocycles. The van der Waals surface area contributed by atoms with E-state index in [1.54, 1.807) is 12.3 Å². The van der Waals surface area contributed by atoms with Gasteiger partial charge in [0.2, 0.25) is 11.9 Å². The quantitative estimate of drug-likeness (QED) is 0.445. The lowest BCUT2D eigenvalue weighted by atomic mass is 10.2. The van der Waals surface area contributed by atoms with Gasteiger partial charge in [0.15, 0.2) is 11.2 Å². The highest BCUT2D eigenvalue weighted by Crippen LogP contribution is 2.22. The first kappa shape index (κ1) is 13.9. The molecule has 3 heterocycles. The third-order valence-electron chi connectivity index (χ3n) is 3.33. The Hall–Kier alpha value is -3.75. The first-order valence-corrected chi connectivity index (χ1v) is 6.96. The molecule has 0 radical (unpaired) electrons. The molecule has 9 nitrogen and oxygen atoms in total. The Kier molecular flexibility index (Phi) is 3.16. The summed E-state index contributed by atoms with van der Waals surface area (Å²) < 4.78 is 0. The van der Waals surface area contributed by atoms with Crippen LogP contribution in [0.15, 0.2) is 56.5 Å². The minimum Gasteiger partial charge on any atom is -0.315 e. The molecule has 0 bridgehead atoms. The van der Waals surface area contributed by atoms with Crippen LogP contribution >= 0.6 is 0 Å². The lowest BCUT2D eigenvalue weighted by Gasteiger charge is -1.96. The first-order valence-electron chi connectivity index (χ1n) is 6.96. The van der Waals surface area contributed by atoms with E-state index in [0.29, 0.717) is 5.69 Å². The van der Waals surface area contributed by atoms with Crippen molar-refractivity contribution in [1.29, 1.82) is 0 Å². The topological polar surface area (TPSA) is 124 Å².